The first-order valence-corrected chi connectivity index (χ1v) is 8.66. The zero-order valence-electron chi connectivity index (χ0n) is 14.3. The van der Waals surface area contributed by atoms with Crippen molar-refractivity contribution in [3.8, 4) is 0 Å². The molecule has 0 spiro atoms. The zero-order chi connectivity index (χ0) is 16.6. The molecule has 0 rings (SSSR count). The Bertz CT molecular complexity index is 324. The van der Waals surface area contributed by atoms with E-state index in [0.717, 1.165) is 25.2 Å². The number of carbonyl (C=O) groups is 2. The van der Waals surface area contributed by atoms with Gasteiger partial charge in [-0.3, -0.25) is 9.59 Å². The maximum absolute atomic E-state index is 11.3. The van der Waals surface area contributed by atoms with E-state index in [1.807, 2.05) is 0 Å². The zero-order valence-corrected chi connectivity index (χ0v) is 14.3. The summed E-state index contributed by atoms with van der Waals surface area (Å²) in [7, 11) is 0. The summed E-state index contributed by atoms with van der Waals surface area (Å²) in [4.78, 5) is 21.5. The lowest BCUT2D eigenvalue weighted by molar-refractivity contribution is -0.137. The van der Waals surface area contributed by atoms with Crippen LogP contribution in [0.5, 0.6) is 0 Å². The van der Waals surface area contributed by atoms with Gasteiger partial charge in [-0.1, -0.05) is 58.1 Å². The van der Waals surface area contributed by atoms with Crippen molar-refractivity contribution in [3.63, 3.8) is 0 Å². The van der Waals surface area contributed by atoms with Gasteiger partial charge in [0.15, 0.2) is 0 Å². The van der Waals surface area contributed by atoms with Gasteiger partial charge in [-0.2, -0.15) is 0 Å². The topological polar surface area (TPSA) is 66.4 Å². The number of nitrogens with one attached hydrogen (secondary N) is 1. The number of hydrogen-bond acceptors (Lipinski definition) is 2. The van der Waals surface area contributed by atoms with Crippen LogP contribution in [0.3, 0.4) is 0 Å². The molecule has 1 amide bonds. The molecule has 0 fully saturated rings. The lowest BCUT2D eigenvalue weighted by Crippen LogP contribution is -2.28. The molecule has 0 aromatic carbocycles. The summed E-state index contributed by atoms with van der Waals surface area (Å²) in [5.74, 6) is -0.398. The van der Waals surface area contributed by atoms with Crippen LogP contribution in [0.15, 0.2) is 12.2 Å². The number of hydrogen-bond donors (Lipinski definition) is 2. The van der Waals surface area contributed by atoms with Crippen molar-refractivity contribution in [3.05, 3.63) is 12.2 Å². The molecule has 0 aliphatic heterocycles. The van der Waals surface area contributed by atoms with E-state index in [1.54, 1.807) is 0 Å². The van der Waals surface area contributed by atoms with Gasteiger partial charge in [0.25, 0.3) is 0 Å². The smallest absolute Gasteiger partial charge is 0.322 e. The number of carboxylic acid groups (broad SMARTS) is 1. The minimum atomic E-state index is -0.993. The van der Waals surface area contributed by atoms with E-state index < -0.39 is 5.97 Å². The van der Waals surface area contributed by atoms with Gasteiger partial charge < -0.3 is 10.4 Å². The molecule has 0 aromatic rings. The average Bonchev–Trinajstić information content (AvgIpc) is 2.45. The fourth-order valence-electron chi connectivity index (χ4n) is 2.18. The van der Waals surface area contributed by atoms with Gasteiger partial charge in [-0.15, -0.1) is 0 Å². The highest BCUT2D eigenvalue weighted by Gasteiger charge is 2.02. The first kappa shape index (κ1) is 20.7. The maximum Gasteiger partial charge on any atom is 0.322 e. The van der Waals surface area contributed by atoms with Crippen LogP contribution in [-0.2, 0) is 9.59 Å². The van der Waals surface area contributed by atoms with E-state index in [1.165, 1.54) is 38.5 Å². The molecule has 0 bridgehead atoms. The molecule has 0 aromatic heterocycles. The minimum absolute atomic E-state index is 0.157. The maximum atomic E-state index is 11.3. The lowest BCUT2D eigenvalue weighted by atomic mass is 10.1. The van der Waals surface area contributed by atoms with Crippen LogP contribution in [0.4, 0.5) is 0 Å². The third-order valence-electron chi connectivity index (χ3n) is 3.49. The second kappa shape index (κ2) is 14.6. The van der Waals surface area contributed by atoms with Gasteiger partial charge in [-0.25, -0.2) is 0 Å². The SMILES string of the molecule is CC(C)CC=CCCCCCCCCCC(=O)NCC(=O)O. The van der Waals surface area contributed by atoms with Crippen LogP contribution in [-0.4, -0.2) is 23.5 Å². The van der Waals surface area contributed by atoms with Crippen LogP contribution >= 0.6 is 0 Å². The molecule has 0 aliphatic carbocycles. The molecule has 0 heterocycles. The number of rotatable bonds is 14. The number of unbranched alkanes of at least 4 members (excludes halogenated alkanes) is 7. The van der Waals surface area contributed by atoms with Crippen LogP contribution in [0, 0.1) is 5.92 Å². The number of amides is 1. The first-order chi connectivity index (χ1) is 10.5. The van der Waals surface area contributed by atoms with Crippen molar-refractivity contribution < 1.29 is 14.7 Å². The van der Waals surface area contributed by atoms with Crippen molar-refractivity contribution in [2.24, 2.45) is 5.92 Å². The molecule has 22 heavy (non-hydrogen) atoms. The van der Waals surface area contributed by atoms with Crippen molar-refractivity contribution >= 4 is 11.9 Å². The highest BCUT2D eigenvalue weighted by Crippen LogP contribution is 2.10. The van der Waals surface area contributed by atoms with E-state index >= 15 is 0 Å². The largest absolute Gasteiger partial charge is 0.480 e. The third kappa shape index (κ3) is 16.7. The molecule has 0 saturated carbocycles. The fourth-order valence-corrected chi connectivity index (χ4v) is 2.18. The highest BCUT2D eigenvalue weighted by molar-refractivity contribution is 5.80. The minimum Gasteiger partial charge on any atom is -0.480 e. The Morgan fingerprint density at radius 3 is 2.14 bits per heavy atom. The van der Waals surface area contributed by atoms with Crippen molar-refractivity contribution in [2.75, 3.05) is 6.54 Å². The Balaban J connectivity index is 3.22. The Morgan fingerprint density at radius 2 is 1.55 bits per heavy atom. The summed E-state index contributed by atoms with van der Waals surface area (Å²) >= 11 is 0. The fraction of sp³-hybridized carbons (Fsp3) is 0.778. The predicted octanol–water partition coefficient (Wildman–Crippen LogP) is 4.30. The molecular weight excluding hydrogens is 278 g/mol. The van der Waals surface area contributed by atoms with Crippen molar-refractivity contribution in [1.82, 2.24) is 5.32 Å². The Kier molecular flexibility index (Phi) is 13.7. The van der Waals surface area contributed by atoms with Crippen LogP contribution in [0.25, 0.3) is 0 Å². The van der Waals surface area contributed by atoms with E-state index in [9.17, 15) is 9.59 Å². The monoisotopic (exact) mass is 311 g/mol. The molecule has 0 atom stereocenters. The first-order valence-electron chi connectivity index (χ1n) is 8.66. The summed E-state index contributed by atoms with van der Waals surface area (Å²) < 4.78 is 0. The van der Waals surface area contributed by atoms with E-state index in [2.05, 4.69) is 31.3 Å². The van der Waals surface area contributed by atoms with Gasteiger partial charge >= 0.3 is 5.97 Å². The van der Waals surface area contributed by atoms with Crippen LogP contribution in [0.2, 0.25) is 0 Å². The lowest BCUT2D eigenvalue weighted by Gasteiger charge is -2.03. The Hall–Kier alpha value is -1.32. The Morgan fingerprint density at radius 1 is 0.955 bits per heavy atom. The van der Waals surface area contributed by atoms with E-state index in [4.69, 9.17) is 5.11 Å². The van der Waals surface area contributed by atoms with Gasteiger partial charge in [0.05, 0.1) is 0 Å². The number of carboxylic acids is 1. The van der Waals surface area contributed by atoms with E-state index in [0.29, 0.717) is 6.42 Å². The average molecular weight is 311 g/mol. The molecule has 0 unspecified atom stereocenters. The molecule has 128 valence electrons. The van der Waals surface area contributed by atoms with Gasteiger partial charge in [0.1, 0.15) is 6.54 Å². The second-order valence-electron chi connectivity index (χ2n) is 6.28. The predicted molar refractivity (Wildman–Crippen MR) is 90.8 cm³/mol. The summed E-state index contributed by atoms with van der Waals surface area (Å²) in [6.45, 7) is 4.20. The number of carbonyl (C=O) groups excluding carboxylic acids is 1. The molecule has 4 heteroatoms. The van der Waals surface area contributed by atoms with Gasteiger partial charge in [0, 0.05) is 6.42 Å². The molecule has 2 N–H and O–H groups in total. The number of allylic oxidation sites excluding steroid dienone is 2. The second-order valence-corrected chi connectivity index (χ2v) is 6.28. The highest BCUT2D eigenvalue weighted by atomic mass is 16.4. The standard InChI is InChI=1S/C18H33NO3/c1-16(2)13-11-9-7-5-3-4-6-8-10-12-14-17(20)19-15-18(21)22/h9,11,16H,3-8,10,12-15H2,1-2H3,(H,19,20)(H,21,22). The molecule has 4 nitrogen and oxygen atoms in total. The van der Waals surface area contributed by atoms with E-state index in [-0.39, 0.29) is 12.5 Å². The van der Waals surface area contributed by atoms with Crippen molar-refractivity contribution in [1.29, 1.82) is 0 Å². The summed E-state index contributed by atoms with van der Waals surface area (Å²) in [6, 6.07) is 0. The third-order valence-corrected chi connectivity index (χ3v) is 3.49. The summed E-state index contributed by atoms with van der Waals surface area (Å²) in [5.41, 5.74) is 0. The molecule has 0 aliphatic rings. The molecular formula is C18H33NO3. The van der Waals surface area contributed by atoms with Crippen LogP contribution < -0.4 is 5.32 Å². The molecule has 0 saturated heterocycles. The Labute approximate surface area is 135 Å². The number of aliphatic carboxylic acids is 1. The van der Waals surface area contributed by atoms with Crippen LogP contribution in [0.1, 0.15) is 78.1 Å². The normalized spacial score (nSPS) is 11.2. The quantitative estimate of drug-likeness (QED) is 0.371. The van der Waals surface area contributed by atoms with Gasteiger partial charge in [0.2, 0.25) is 5.91 Å². The molecule has 0 radical (unpaired) electrons. The summed E-state index contributed by atoms with van der Waals surface area (Å²) in [6.07, 6.45) is 15.5. The van der Waals surface area contributed by atoms with Crippen molar-refractivity contribution in [2.45, 2.75) is 78.1 Å². The summed E-state index contributed by atoms with van der Waals surface area (Å²) in [5, 5.41) is 10.8. The van der Waals surface area contributed by atoms with Gasteiger partial charge in [-0.05, 0) is 31.6 Å².